The van der Waals surface area contributed by atoms with Gasteiger partial charge in [-0.2, -0.15) is 0 Å². The van der Waals surface area contributed by atoms with Crippen LogP contribution in [0.15, 0.2) is 0 Å². The fourth-order valence-electron chi connectivity index (χ4n) is 2.83. The van der Waals surface area contributed by atoms with Gasteiger partial charge in [-0.1, -0.05) is 0 Å². The van der Waals surface area contributed by atoms with Gasteiger partial charge in [0.25, 0.3) is 0 Å². The molecule has 0 bridgehead atoms. The van der Waals surface area contributed by atoms with E-state index in [2.05, 4.69) is 22.5 Å². The molecule has 1 radical (unpaired) electrons. The summed E-state index contributed by atoms with van der Waals surface area (Å²) in [6, 6.07) is 0.539. The van der Waals surface area contributed by atoms with Crippen molar-refractivity contribution in [1.29, 1.82) is 0 Å². The molecule has 0 aromatic carbocycles. The van der Waals surface area contributed by atoms with Gasteiger partial charge >= 0.3 is 0 Å². The standard InChI is InChI=1S/C13H26N3/c1-12(16-10-8-15-9-11-16)2-3-13-4-6-14-7-5-13/h12-15H,1-11H2. The summed E-state index contributed by atoms with van der Waals surface area (Å²) in [6.45, 7) is 11.4. The molecule has 0 aliphatic carbocycles. The maximum Gasteiger partial charge on any atom is 0.0110 e. The highest BCUT2D eigenvalue weighted by molar-refractivity contribution is 4.80. The average Bonchev–Trinajstić information content (AvgIpc) is 2.38. The monoisotopic (exact) mass is 224 g/mol. The third-order valence-corrected chi connectivity index (χ3v) is 4.03. The Hall–Kier alpha value is -0.120. The number of nitrogens with zero attached hydrogens (tertiary/aromatic N) is 1. The van der Waals surface area contributed by atoms with Crippen molar-refractivity contribution in [2.45, 2.75) is 31.7 Å². The van der Waals surface area contributed by atoms with Crippen LogP contribution in [0.25, 0.3) is 0 Å². The number of nitrogens with one attached hydrogen (secondary N) is 2. The molecule has 0 aromatic rings. The molecule has 0 amide bonds. The fraction of sp³-hybridized carbons (Fsp3) is 0.923. The highest BCUT2D eigenvalue weighted by Gasteiger charge is 2.19. The molecule has 16 heavy (non-hydrogen) atoms. The van der Waals surface area contributed by atoms with Crippen LogP contribution in [0, 0.1) is 12.8 Å². The molecule has 2 N–H and O–H groups in total. The van der Waals surface area contributed by atoms with E-state index in [0.717, 1.165) is 19.0 Å². The molecule has 2 rings (SSSR count). The first-order valence-electron chi connectivity index (χ1n) is 6.85. The Morgan fingerprint density at radius 1 is 1.06 bits per heavy atom. The van der Waals surface area contributed by atoms with Crippen LogP contribution in [0.3, 0.4) is 0 Å². The number of piperidine rings is 1. The van der Waals surface area contributed by atoms with Crippen molar-refractivity contribution in [1.82, 2.24) is 15.5 Å². The second-order valence-electron chi connectivity index (χ2n) is 5.21. The second-order valence-corrected chi connectivity index (χ2v) is 5.21. The molecule has 2 fully saturated rings. The van der Waals surface area contributed by atoms with Crippen LogP contribution in [-0.4, -0.2) is 50.2 Å². The van der Waals surface area contributed by atoms with E-state index < -0.39 is 0 Å². The van der Waals surface area contributed by atoms with Crippen molar-refractivity contribution >= 4 is 0 Å². The molecular weight excluding hydrogens is 198 g/mol. The van der Waals surface area contributed by atoms with E-state index in [1.54, 1.807) is 0 Å². The van der Waals surface area contributed by atoms with Crippen molar-refractivity contribution in [3.8, 4) is 0 Å². The Balaban J connectivity index is 1.63. The van der Waals surface area contributed by atoms with Crippen LogP contribution in [0.5, 0.6) is 0 Å². The maximum absolute atomic E-state index is 4.33. The maximum atomic E-state index is 4.33. The van der Waals surface area contributed by atoms with Crippen LogP contribution in [0.4, 0.5) is 0 Å². The van der Waals surface area contributed by atoms with Crippen molar-refractivity contribution < 1.29 is 0 Å². The van der Waals surface area contributed by atoms with Gasteiger partial charge in [-0.3, -0.25) is 4.90 Å². The van der Waals surface area contributed by atoms with Crippen LogP contribution in [-0.2, 0) is 0 Å². The predicted octanol–water partition coefficient (Wildman–Crippen LogP) is 0.874. The largest absolute Gasteiger partial charge is 0.317 e. The molecular formula is C13H26N3. The van der Waals surface area contributed by atoms with Crippen LogP contribution in [0.2, 0.25) is 0 Å². The molecule has 3 heteroatoms. The zero-order chi connectivity index (χ0) is 11.2. The van der Waals surface area contributed by atoms with Crippen LogP contribution >= 0.6 is 0 Å². The predicted molar refractivity (Wildman–Crippen MR) is 68.4 cm³/mol. The Morgan fingerprint density at radius 2 is 1.69 bits per heavy atom. The third-order valence-electron chi connectivity index (χ3n) is 4.03. The molecule has 1 atom stereocenters. The lowest BCUT2D eigenvalue weighted by Gasteiger charge is -2.34. The zero-order valence-electron chi connectivity index (χ0n) is 10.4. The van der Waals surface area contributed by atoms with Crippen LogP contribution < -0.4 is 10.6 Å². The van der Waals surface area contributed by atoms with Gasteiger partial charge in [0.2, 0.25) is 0 Å². The Morgan fingerprint density at radius 3 is 2.38 bits per heavy atom. The molecule has 2 saturated heterocycles. The van der Waals surface area contributed by atoms with Gasteiger partial charge in [0.15, 0.2) is 0 Å². The lowest BCUT2D eigenvalue weighted by Crippen LogP contribution is -2.47. The molecule has 2 aliphatic rings. The van der Waals surface area contributed by atoms with Gasteiger partial charge in [0, 0.05) is 32.2 Å². The van der Waals surface area contributed by atoms with Crippen molar-refractivity contribution in [3.63, 3.8) is 0 Å². The molecule has 0 spiro atoms. The van der Waals surface area contributed by atoms with Crippen molar-refractivity contribution in [2.75, 3.05) is 39.3 Å². The minimum atomic E-state index is 0.539. The Bertz CT molecular complexity index is 184. The van der Waals surface area contributed by atoms with Gasteiger partial charge in [-0.15, -0.1) is 0 Å². The Kier molecular flexibility index (Phi) is 5.07. The minimum Gasteiger partial charge on any atom is -0.317 e. The van der Waals surface area contributed by atoms with E-state index in [0.29, 0.717) is 6.04 Å². The first-order chi connectivity index (χ1) is 7.86. The molecule has 1 unspecified atom stereocenters. The normalized spacial score (nSPS) is 26.8. The van der Waals surface area contributed by atoms with Crippen molar-refractivity contribution in [2.24, 2.45) is 5.92 Å². The molecule has 2 heterocycles. The van der Waals surface area contributed by atoms with Gasteiger partial charge in [-0.25, -0.2) is 0 Å². The smallest absolute Gasteiger partial charge is 0.0110 e. The first kappa shape index (κ1) is 12.3. The summed E-state index contributed by atoms with van der Waals surface area (Å²) in [6.07, 6.45) is 5.40. The van der Waals surface area contributed by atoms with E-state index in [9.17, 15) is 0 Å². The summed E-state index contributed by atoms with van der Waals surface area (Å²) >= 11 is 0. The highest BCUT2D eigenvalue weighted by Crippen LogP contribution is 2.20. The minimum absolute atomic E-state index is 0.539. The van der Waals surface area contributed by atoms with Gasteiger partial charge in [0.1, 0.15) is 0 Å². The van der Waals surface area contributed by atoms with E-state index in [1.165, 1.54) is 51.9 Å². The lowest BCUT2D eigenvalue weighted by atomic mass is 9.91. The molecule has 3 nitrogen and oxygen atoms in total. The van der Waals surface area contributed by atoms with Gasteiger partial charge in [0.05, 0.1) is 0 Å². The van der Waals surface area contributed by atoms with Gasteiger partial charge < -0.3 is 10.6 Å². The van der Waals surface area contributed by atoms with E-state index in [-0.39, 0.29) is 0 Å². The lowest BCUT2D eigenvalue weighted by molar-refractivity contribution is 0.181. The Labute approximate surface area is 100.0 Å². The zero-order valence-corrected chi connectivity index (χ0v) is 10.4. The fourth-order valence-corrected chi connectivity index (χ4v) is 2.83. The SMILES string of the molecule is [CH2]C(CCC1CCNCC1)N1CCNCC1. The van der Waals surface area contributed by atoms with E-state index in [1.807, 2.05) is 0 Å². The topological polar surface area (TPSA) is 27.3 Å². The number of hydrogen-bond acceptors (Lipinski definition) is 3. The summed E-state index contributed by atoms with van der Waals surface area (Å²) in [5, 5.41) is 6.83. The number of rotatable bonds is 4. The second kappa shape index (κ2) is 6.58. The number of hydrogen-bond donors (Lipinski definition) is 2. The molecule has 93 valence electrons. The summed E-state index contributed by atoms with van der Waals surface area (Å²) < 4.78 is 0. The summed E-state index contributed by atoms with van der Waals surface area (Å²) in [5.41, 5.74) is 0. The van der Waals surface area contributed by atoms with Crippen LogP contribution in [0.1, 0.15) is 25.7 Å². The van der Waals surface area contributed by atoms with E-state index >= 15 is 0 Å². The number of piperazine rings is 1. The van der Waals surface area contributed by atoms with E-state index in [4.69, 9.17) is 0 Å². The molecule has 0 aromatic heterocycles. The summed E-state index contributed by atoms with van der Waals surface area (Å²) in [5.74, 6) is 0.952. The summed E-state index contributed by atoms with van der Waals surface area (Å²) in [7, 11) is 0. The van der Waals surface area contributed by atoms with Gasteiger partial charge in [-0.05, 0) is 51.6 Å². The average molecular weight is 224 g/mol. The quantitative estimate of drug-likeness (QED) is 0.742. The molecule has 2 aliphatic heterocycles. The molecule has 0 saturated carbocycles. The highest BCUT2D eigenvalue weighted by atomic mass is 15.2. The first-order valence-corrected chi connectivity index (χ1v) is 6.85. The third kappa shape index (κ3) is 3.72. The summed E-state index contributed by atoms with van der Waals surface area (Å²) in [4.78, 5) is 2.54. The van der Waals surface area contributed by atoms with Crippen molar-refractivity contribution in [3.05, 3.63) is 6.92 Å².